The molecular weight excluding hydrogens is 356 g/mol. The van der Waals surface area contributed by atoms with E-state index in [2.05, 4.69) is 62.5 Å². The Morgan fingerprint density at radius 3 is 2.43 bits per heavy atom. The Morgan fingerprint density at radius 2 is 1.79 bits per heavy atom. The van der Waals surface area contributed by atoms with Crippen molar-refractivity contribution >= 4 is 5.69 Å². The number of hydrogen-bond acceptors (Lipinski definition) is 7. The summed E-state index contributed by atoms with van der Waals surface area (Å²) in [5.41, 5.74) is 2.68. The number of aromatic nitrogens is 5. The van der Waals surface area contributed by atoms with Gasteiger partial charge in [-0.15, -0.1) is 10.2 Å². The third kappa shape index (κ3) is 3.15. The summed E-state index contributed by atoms with van der Waals surface area (Å²) in [7, 11) is 3.23. The quantitative estimate of drug-likeness (QED) is 0.688. The molecule has 1 aliphatic rings. The number of anilines is 1. The summed E-state index contributed by atoms with van der Waals surface area (Å²) in [4.78, 5) is 11.1. The molecule has 1 aliphatic heterocycles. The van der Waals surface area contributed by atoms with Gasteiger partial charge in [0, 0.05) is 12.0 Å². The van der Waals surface area contributed by atoms with Gasteiger partial charge in [-0.3, -0.25) is 4.57 Å². The topological polar surface area (TPSA) is 78.2 Å². The molecule has 0 aliphatic carbocycles. The average Bonchev–Trinajstić information content (AvgIpc) is 3.13. The molecule has 0 unspecified atom stereocenters. The van der Waals surface area contributed by atoms with E-state index in [0.29, 0.717) is 19.2 Å². The summed E-state index contributed by atoms with van der Waals surface area (Å²) in [6.45, 7) is 7.73. The van der Waals surface area contributed by atoms with Gasteiger partial charge in [0.15, 0.2) is 5.82 Å². The van der Waals surface area contributed by atoms with Crippen molar-refractivity contribution in [2.75, 3.05) is 19.1 Å². The Bertz CT molecular complexity index is 991. The fourth-order valence-corrected chi connectivity index (χ4v) is 3.35. The number of hydrogen-bond donors (Lipinski definition) is 0. The zero-order valence-corrected chi connectivity index (χ0v) is 16.8. The number of nitrogens with zero attached hydrogens (tertiary/aromatic N) is 6. The monoisotopic (exact) mass is 380 g/mol. The van der Waals surface area contributed by atoms with Crippen molar-refractivity contribution in [2.45, 2.75) is 39.4 Å². The van der Waals surface area contributed by atoms with E-state index in [4.69, 9.17) is 9.47 Å². The molecule has 0 fully saturated rings. The van der Waals surface area contributed by atoms with E-state index in [1.54, 1.807) is 20.4 Å². The van der Waals surface area contributed by atoms with Crippen LogP contribution >= 0.6 is 0 Å². The van der Waals surface area contributed by atoms with Crippen LogP contribution in [0.15, 0.2) is 30.5 Å². The van der Waals surface area contributed by atoms with Gasteiger partial charge in [-0.25, -0.2) is 4.98 Å². The smallest absolute Gasteiger partial charge is 0.316 e. The van der Waals surface area contributed by atoms with Crippen LogP contribution < -0.4 is 14.4 Å². The molecule has 0 radical (unpaired) electrons. The van der Waals surface area contributed by atoms with Crippen LogP contribution in [-0.4, -0.2) is 39.0 Å². The number of rotatable bonds is 4. The summed E-state index contributed by atoms with van der Waals surface area (Å²) in [6, 6.07) is 8.38. The molecule has 1 aromatic carbocycles. The predicted molar refractivity (Wildman–Crippen MR) is 105 cm³/mol. The highest BCUT2D eigenvalue weighted by molar-refractivity contribution is 5.72. The van der Waals surface area contributed by atoms with Crippen LogP contribution in [0.5, 0.6) is 11.8 Å². The van der Waals surface area contributed by atoms with Crippen molar-refractivity contribution in [2.24, 2.45) is 0 Å². The Labute approximate surface area is 164 Å². The third-order valence-corrected chi connectivity index (χ3v) is 4.75. The second-order valence-electron chi connectivity index (χ2n) is 7.80. The first-order valence-electron chi connectivity index (χ1n) is 9.13. The zero-order chi connectivity index (χ0) is 19.9. The van der Waals surface area contributed by atoms with Gasteiger partial charge in [-0.2, -0.15) is 4.98 Å². The lowest BCUT2D eigenvalue weighted by atomic mass is 9.95. The van der Waals surface area contributed by atoms with Gasteiger partial charge < -0.3 is 14.4 Å². The van der Waals surface area contributed by atoms with Gasteiger partial charge >= 0.3 is 6.01 Å². The molecule has 8 heteroatoms. The molecule has 0 amide bonds. The molecule has 0 saturated carbocycles. The lowest BCUT2D eigenvalue weighted by Crippen LogP contribution is -2.33. The molecule has 0 N–H and O–H groups in total. The number of ether oxygens (including phenoxy) is 2. The summed E-state index contributed by atoms with van der Waals surface area (Å²) in [6.07, 6.45) is 1.79. The average molecular weight is 380 g/mol. The van der Waals surface area contributed by atoms with Crippen molar-refractivity contribution in [3.8, 4) is 23.3 Å². The fraction of sp³-hybridized carbons (Fsp3) is 0.400. The van der Waals surface area contributed by atoms with Crippen LogP contribution in [0.4, 0.5) is 5.69 Å². The van der Waals surface area contributed by atoms with Crippen molar-refractivity contribution in [1.82, 2.24) is 24.7 Å². The maximum absolute atomic E-state index is 5.26. The zero-order valence-electron chi connectivity index (χ0n) is 16.8. The molecule has 0 atom stereocenters. The standard InChI is InChI=1S/C20H24N6O2/c1-20(2,3)18-24-23-17-16-15(10-21-19(22-16)28-5)25(12-26(17)18)11-13-6-8-14(27-4)9-7-13/h6-10H,11-12H2,1-5H3. The van der Waals surface area contributed by atoms with Crippen molar-refractivity contribution in [1.29, 1.82) is 0 Å². The Hall–Kier alpha value is -3.16. The van der Waals surface area contributed by atoms with Crippen molar-refractivity contribution in [3.05, 3.63) is 41.9 Å². The van der Waals surface area contributed by atoms with E-state index in [1.165, 1.54) is 0 Å². The molecule has 8 nitrogen and oxygen atoms in total. The van der Waals surface area contributed by atoms with Gasteiger partial charge in [0.05, 0.1) is 32.8 Å². The molecular formula is C20H24N6O2. The van der Waals surface area contributed by atoms with Gasteiger partial charge in [0.25, 0.3) is 0 Å². The first-order chi connectivity index (χ1) is 13.4. The minimum atomic E-state index is -0.133. The van der Waals surface area contributed by atoms with E-state index in [1.807, 2.05) is 12.1 Å². The molecule has 3 heterocycles. The number of methoxy groups -OCH3 is 2. The molecule has 3 aromatic rings. The summed E-state index contributed by atoms with van der Waals surface area (Å²) >= 11 is 0. The molecule has 0 saturated heterocycles. The van der Waals surface area contributed by atoms with Crippen molar-refractivity contribution < 1.29 is 9.47 Å². The minimum absolute atomic E-state index is 0.133. The molecule has 4 rings (SSSR count). The first kappa shape index (κ1) is 18.2. The summed E-state index contributed by atoms with van der Waals surface area (Å²) in [5.74, 6) is 2.50. The van der Waals surface area contributed by atoms with Crippen LogP contribution in [0.2, 0.25) is 0 Å². The van der Waals surface area contributed by atoms with Gasteiger partial charge in [-0.1, -0.05) is 32.9 Å². The largest absolute Gasteiger partial charge is 0.497 e. The lowest BCUT2D eigenvalue weighted by Gasteiger charge is -2.33. The van der Waals surface area contributed by atoms with Gasteiger partial charge in [0.2, 0.25) is 0 Å². The van der Waals surface area contributed by atoms with Gasteiger partial charge in [0.1, 0.15) is 17.3 Å². The molecule has 28 heavy (non-hydrogen) atoms. The predicted octanol–water partition coefficient (Wildman–Crippen LogP) is 3.03. The van der Waals surface area contributed by atoms with E-state index >= 15 is 0 Å². The minimum Gasteiger partial charge on any atom is -0.497 e. The Morgan fingerprint density at radius 1 is 1.04 bits per heavy atom. The second-order valence-corrected chi connectivity index (χ2v) is 7.80. The highest BCUT2D eigenvalue weighted by Gasteiger charge is 2.32. The summed E-state index contributed by atoms with van der Waals surface area (Å²) in [5, 5.41) is 8.88. The normalized spacial score (nSPS) is 13.1. The second kappa shape index (κ2) is 6.78. The van der Waals surface area contributed by atoms with Crippen LogP contribution in [0.25, 0.3) is 11.5 Å². The van der Waals surface area contributed by atoms with E-state index in [0.717, 1.165) is 34.3 Å². The lowest BCUT2D eigenvalue weighted by molar-refractivity contribution is 0.379. The molecule has 0 spiro atoms. The maximum atomic E-state index is 5.26. The Balaban J connectivity index is 1.78. The number of benzene rings is 1. The molecule has 0 bridgehead atoms. The molecule has 146 valence electrons. The molecule has 2 aromatic heterocycles. The highest BCUT2D eigenvalue weighted by atomic mass is 16.5. The van der Waals surface area contributed by atoms with E-state index in [-0.39, 0.29) is 5.41 Å². The number of fused-ring (bicyclic) bond motifs is 3. The van der Waals surface area contributed by atoms with Crippen LogP contribution in [0, 0.1) is 0 Å². The van der Waals surface area contributed by atoms with Crippen LogP contribution in [0.1, 0.15) is 32.2 Å². The SMILES string of the molecule is COc1ccc(CN2Cn3c(nnc3C(C)(C)C)-c3nc(OC)ncc32)cc1. The maximum Gasteiger partial charge on any atom is 0.316 e. The van der Waals surface area contributed by atoms with E-state index in [9.17, 15) is 0 Å². The van der Waals surface area contributed by atoms with Crippen molar-refractivity contribution in [3.63, 3.8) is 0 Å². The van der Waals surface area contributed by atoms with Crippen LogP contribution in [0.3, 0.4) is 0 Å². The Kier molecular flexibility index (Phi) is 4.41. The van der Waals surface area contributed by atoms with E-state index < -0.39 is 0 Å². The van der Waals surface area contributed by atoms with Crippen LogP contribution in [-0.2, 0) is 18.6 Å². The summed E-state index contributed by atoms with van der Waals surface area (Å²) < 4.78 is 12.6. The fourth-order valence-electron chi connectivity index (χ4n) is 3.35. The highest BCUT2D eigenvalue weighted by Crippen LogP contribution is 2.37. The third-order valence-electron chi connectivity index (χ3n) is 4.75. The first-order valence-corrected chi connectivity index (χ1v) is 9.13. The van der Waals surface area contributed by atoms with Gasteiger partial charge in [-0.05, 0) is 17.7 Å².